The Bertz CT molecular complexity index is 742. The van der Waals surface area contributed by atoms with Gasteiger partial charge in [-0.1, -0.05) is 11.6 Å². The Morgan fingerprint density at radius 2 is 2.22 bits per heavy atom. The zero-order valence-electron chi connectivity index (χ0n) is 9.47. The molecule has 0 unspecified atom stereocenters. The standard InChI is InChI=1S/C12H9N3O3/c1-6-2-3-9-7(4-6)8(5-13-9)10-11(12(16)17)15-18-14-10/h2-5,13H,1H3,(H,16,17). The second kappa shape index (κ2) is 3.69. The van der Waals surface area contributed by atoms with Crippen molar-refractivity contribution in [3.63, 3.8) is 0 Å². The Kier molecular flexibility index (Phi) is 2.16. The summed E-state index contributed by atoms with van der Waals surface area (Å²) in [4.78, 5) is 14.1. The summed E-state index contributed by atoms with van der Waals surface area (Å²) in [6.07, 6.45) is 1.70. The van der Waals surface area contributed by atoms with Gasteiger partial charge in [0.2, 0.25) is 5.69 Å². The number of H-pyrrole nitrogens is 1. The second-order valence-corrected chi connectivity index (χ2v) is 4.02. The van der Waals surface area contributed by atoms with Crippen LogP contribution in [0.3, 0.4) is 0 Å². The van der Waals surface area contributed by atoms with E-state index in [1.54, 1.807) is 6.20 Å². The first kappa shape index (κ1) is 10.5. The SMILES string of the molecule is Cc1ccc2[nH]cc(-c3nonc3C(=O)O)c2c1. The summed E-state index contributed by atoms with van der Waals surface area (Å²) in [6, 6.07) is 5.87. The molecule has 2 aromatic heterocycles. The number of nitrogens with one attached hydrogen (secondary N) is 1. The van der Waals surface area contributed by atoms with Crippen LogP contribution in [0.2, 0.25) is 0 Å². The monoisotopic (exact) mass is 243 g/mol. The highest BCUT2D eigenvalue weighted by molar-refractivity contribution is 6.00. The lowest BCUT2D eigenvalue weighted by Gasteiger charge is -1.96. The molecule has 0 amide bonds. The number of aryl methyl sites for hydroxylation is 1. The van der Waals surface area contributed by atoms with Crippen LogP contribution in [0, 0.1) is 6.92 Å². The molecule has 1 aromatic carbocycles. The van der Waals surface area contributed by atoms with Crippen LogP contribution in [0.25, 0.3) is 22.2 Å². The van der Waals surface area contributed by atoms with Gasteiger partial charge in [0.25, 0.3) is 0 Å². The third-order valence-electron chi connectivity index (χ3n) is 2.78. The Morgan fingerprint density at radius 3 is 3.00 bits per heavy atom. The average molecular weight is 243 g/mol. The molecule has 3 aromatic rings. The second-order valence-electron chi connectivity index (χ2n) is 4.02. The van der Waals surface area contributed by atoms with E-state index in [4.69, 9.17) is 5.11 Å². The van der Waals surface area contributed by atoms with E-state index in [1.807, 2.05) is 25.1 Å². The van der Waals surface area contributed by atoms with Crippen LogP contribution in [-0.2, 0) is 0 Å². The maximum Gasteiger partial charge on any atom is 0.360 e. The first-order valence-corrected chi connectivity index (χ1v) is 5.31. The van der Waals surface area contributed by atoms with Crippen LogP contribution in [0.5, 0.6) is 0 Å². The smallest absolute Gasteiger partial charge is 0.360 e. The fraction of sp³-hybridized carbons (Fsp3) is 0.0833. The molecule has 90 valence electrons. The molecular formula is C12H9N3O3. The molecule has 0 atom stereocenters. The number of aromatic nitrogens is 3. The van der Waals surface area contributed by atoms with Gasteiger partial charge in [0.05, 0.1) is 0 Å². The summed E-state index contributed by atoms with van der Waals surface area (Å²) >= 11 is 0. The number of carbonyl (C=O) groups is 1. The number of hydrogen-bond donors (Lipinski definition) is 2. The lowest BCUT2D eigenvalue weighted by atomic mass is 10.1. The van der Waals surface area contributed by atoms with Crippen molar-refractivity contribution in [2.24, 2.45) is 0 Å². The molecule has 3 rings (SSSR count). The first-order chi connectivity index (χ1) is 8.66. The van der Waals surface area contributed by atoms with Crippen LogP contribution in [0.1, 0.15) is 16.1 Å². The van der Waals surface area contributed by atoms with E-state index < -0.39 is 5.97 Å². The van der Waals surface area contributed by atoms with Crippen LogP contribution < -0.4 is 0 Å². The molecule has 0 spiro atoms. The van der Waals surface area contributed by atoms with Crippen molar-refractivity contribution >= 4 is 16.9 Å². The van der Waals surface area contributed by atoms with Crippen molar-refractivity contribution in [2.45, 2.75) is 6.92 Å². The predicted octanol–water partition coefficient (Wildman–Crippen LogP) is 2.22. The normalized spacial score (nSPS) is 10.9. The zero-order chi connectivity index (χ0) is 12.7. The third-order valence-corrected chi connectivity index (χ3v) is 2.78. The van der Waals surface area contributed by atoms with Gasteiger partial charge in [0, 0.05) is 22.7 Å². The average Bonchev–Trinajstić information content (AvgIpc) is 2.92. The number of aromatic carboxylic acids is 1. The molecule has 6 nitrogen and oxygen atoms in total. The minimum absolute atomic E-state index is 0.183. The Morgan fingerprint density at radius 1 is 1.39 bits per heavy atom. The van der Waals surface area contributed by atoms with Gasteiger partial charge in [-0.15, -0.1) is 0 Å². The van der Waals surface area contributed by atoms with E-state index in [1.165, 1.54) is 0 Å². The lowest BCUT2D eigenvalue weighted by molar-refractivity contribution is 0.0685. The Balaban J connectivity index is 2.28. The number of rotatable bonds is 2. The predicted molar refractivity (Wildman–Crippen MR) is 63.3 cm³/mol. The molecule has 0 aliphatic carbocycles. The van der Waals surface area contributed by atoms with Gasteiger partial charge in [0.1, 0.15) is 0 Å². The molecule has 0 radical (unpaired) electrons. The van der Waals surface area contributed by atoms with E-state index in [0.717, 1.165) is 16.5 Å². The van der Waals surface area contributed by atoms with Gasteiger partial charge in [-0.05, 0) is 29.4 Å². The number of carboxylic acids is 1. The Hall–Kier alpha value is -2.63. The highest BCUT2D eigenvalue weighted by Crippen LogP contribution is 2.29. The number of nitrogens with zero attached hydrogens (tertiary/aromatic N) is 2. The van der Waals surface area contributed by atoms with Gasteiger partial charge >= 0.3 is 5.97 Å². The van der Waals surface area contributed by atoms with Crippen LogP contribution in [-0.4, -0.2) is 26.4 Å². The maximum atomic E-state index is 11.0. The van der Waals surface area contributed by atoms with E-state index >= 15 is 0 Å². The van der Waals surface area contributed by atoms with E-state index in [0.29, 0.717) is 5.56 Å². The molecule has 2 heterocycles. The molecule has 0 saturated carbocycles. The molecule has 2 N–H and O–H groups in total. The summed E-state index contributed by atoms with van der Waals surface area (Å²) in [5.41, 5.74) is 2.72. The lowest BCUT2D eigenvalue weighted by Crippen LogP contribution is -1.98. The maximum absolute atomic E-state index is 11.0. The summed E-state index contributed by atoms with van der Waals surface area (Å²) in [5.74, 6) is -1.16. The van der Waals surface area contributed by atoms with Crippen molar-refractivity contribution in [2.75, 3.05) is 0 Å². The molecular weight excluding hydrogens is 234 g/mol. The summed E-state index contributed by atoms with van der Waals surface area (Å²) < 4.78 is 4.52. The van der Waals surface area contributed by atoms with E-state index in [2.05, 4.69) is 19.9 Å². The van der Waals surface area contributed by atoms with E-state index in [9.17, 15) is 4.79 Å². The molecule has 6 heteroatoms. The number of carboxylic acid groups (broad SMARTS) is 1. The number of benzene rings is 1. The largest absolute Gasteiger partial charge is 0.476 e. The molecule has 0 bridgehead atoms. The van der Waals surface area contributed by atoms with Crippen LogP contribution in [0.15, 0.2) is 29.0 Å². The highest BCUT2D eigenvalue weighted by atomic mass is 16.6. The summed E-state index contributed by atoms with van der Waals surface area (Å²) in [6.45, 7) is 1.97. The van der Waals surface area contributed by atoms with Crippen molar-refractivity contribution in [1.82, 2.24) is 15.3 Å². The molecule has 18 heavy (non-hydrogen) atoms. The molecule has 0 aliphatic rings. The van der Waals surface area contributed by atoms with Gasteiger partial charge < -0.3 is 10.1 Å². The van der Waals surface area contributed by atoms with Crippen molar-refractivity contribution in [3.8, 4) is 11.3 Å². The van der Waals surface area contributed by atoms with Gasteiger partial charge in [-0.2, -0.15) is 0 Å². The van der Waals surface area contributed by atoms with Gasteiger partial charge in [-0.3, -0.25) is 0 Å². The highest BCUT2D eigenvalue weighted by Gasteiger charge is 2.21. The minimum Gasteiger partial charge on any atom is -0.476 e. The van der Waals surface area contributed by atoms with E-state index in [-0.39, 0.29) is 11.4 Å². The third kappa shape index (κ3) is 1.46. The molecule has 0 fully saturated rings. The van der Waals surface area contributed by atoms with Gasteiger partial charge in [-0.25, -0.2) is 9.42 Å². The number of aromatic amines is 1. The fourth-order valence-corrected chi connectivity index (χ4v) is 1.94. The van der Waals surface area contributed by atoms with Crippen molar-refractivity contribution in [1.29, 1.82) is 0 Å². The quantitative estimate of drug-likeness (QED) is 0.720. The summed E-state index contributed by atoms with van der Waals surface area (Å²) in [5, 5.41) is 17.0. The minimum atomic E-state index is -1.16. The topological polar surface area (TPSA) is 92.0 Å². The van der Waals surface area contributed by atoms with Crippen LogP contribution >= 0.6 is 0 Å². The first-order valence-electron chi connectivity index (χ1n) is 5.31. The zero-order valence-corrected chi connectivity index (χ0v) is 9.47. The van der Waals surface area contributed by atoms with Crippen molar-refractivity contribution in [3.05, 3.63) is 35.7 Å². The van der Waals surface area contributed by atoms with Gasteiger partial charge in [0.15, 0.2) is 5.69 Å². The molecule has 0 saturated heterocycles. The Labute approximate surface area is 101 Å². The fourth-order valence-electron chi connectivity index (χ4n) is 1.94. The molecule has 0 aliphatic heterocycles. The number of hydrogen-bond acceptors (Lipinski definition) is 4. The van der Waals surface area contributed by atoms with Crippen molar-refractivity contribution < 1.29 is 14.5 Å². The number of fused-ring (bicyclic) bond motifs is 1. The summed E-state index contributed by atoms with van der Waals surface area (Å²) in [7, 11) is 0. The van der Waals surface area contributed by atoms with Crippen LogP contribution in [0.4, 0.5) is 0 Å².